The van der Waals surface area contributed by atoms with E-state index in [0.29, 0.717) is 6.61 Å². The third kappa shape index (κ3) is 1.84. The van der Waals surface area contributed by atoms with Crippen LogP contribution in [0.15, 0.2) is 47.7 Å². The van der Waals surface area contributed by atoms with Crippen LogP contribution in [0.5, 0.6) is 5.75 Å². The largest absolute Gasteiger partial charge is 0.484 e. The van der Waals surface area contributed by atoms with Gasteiger partial charge in [-0.3, -0.25) is 0 Å². The van der Waals surface area contributed by atoms with Crippen LogP contribution >= 0.6 is 0 Å². The lowest BCUT2D eigenvalue weighted by molar-refractivity contribution is -0.307. The molecule has 2 aromatic heterocycles. The van der Waals surface area contributed by atoms with Crippen molar-refractivity contribution in [1.29, 1.82) is 0 Å². The lowest BCUT2D eigenvalue weighted by Gasteiger charge is -2.66. The maximum atomic E-state index is 6.69. The van der Waals surface area contributed by atoms with Crippen molar-refractivity contribution in [3.05, 3.63) is 54.0 Å². The minimum absolute atomic E-state index is 0.280. The molecule has 0 N–H and O–H groups in total. The Morgan fingerprint density at radius 2 is 1.90 bits per heavy atom. The summed E-state index contributed by atoms with van der Waals surface area (Å²) in [6, 6.07) is 10.7. The number of aliphatic imine (C=N–C) groups is 1. The van der Waals surface area contributed by atoms with E-state index >= 15 is 0 Å². The summed E-state index contributed by atoms with van der Waals surface area (Å²) >= 11 is 0. The van der Waals surface area contributed by atoms with Crippen molar-refractivity contribution >= 4 is 12.0 Å². The molecule has 2 fully saturated rings. The predicted octanol–water partition coefficient (Wildman–Crippen LogP) is 4.04. The molecule has 0 radical (unpaired) electrons. The van der Waals surface area contributed by atoms with E-state index in [1.807, 2.05) is 6.92 Å². The molecule has 1 saturated carbocycles. The van der Waals surface area contributed by atoms with Crippen LogP contribution in [0.1, 0.15) is 36.9 Å². The first-order valence-corrected chi connectivity index (χ1v) is 10.7. The van der Waals surface area contributed by atoms with Gasteiger partial charge in [0.2, 0.25) is 0 Å². The molecule has 1 saturated heterocycles. The zero-order chi connectivity index (χ0) is 20.0. The van der Waals surface area contributed by atoms with Gasteiger partial charge in [-0.2, -0.15) is 0 Å². The fourth-order valence-corrected chi connectivity index (χ4v) is 5.98. The number of nitrogens with zero attached hydrogens (tertiary/aromatic N) is 3. The van der Waals surface area contributed by atoms with Gasteiger partial charge in [-0.1, -0.05) is 6.07 Å². The smallest absolute Gasteiger partial charge is 0.170 e. The Hall–Kier alpha value is -2.86. The van der Waals surface area contributed by atoms with Gasteiger partial charge < -0.3 is 18.6 Å². The minimum atomic E-state index is -0.537. The van der Waals surface area contributed by atoms with E-state index < -0.39 is 11.1 Å². The van der Waals surface area contributed by atoms with E-state index in [1.165, 1.54) is 6.42 Å². The van der Waals surface area contributed by atoms with Crippen LogP contribution in [0.3, 0.4) is 0 Å². The molecule has 2 atom stereocenters. The van der Waals surface area contributed by atoms with Gasteiger partial charge in [-0.25, -0.2) is 9.98 Å². The number of aryl methyl sites for hydroxylation is 1. The van der Waals surface area contributed by atoms with Crippen LogP contribution in [0.4, 0.5) is 0 Å². The molecular weight excluding hydrogens is 378 g/mol. The second-order valence-electron chi connectivity index (χ2n) is 9.06. The Balaban J connectivity index is 1.42. The number of aromatic nitrogens is 2. The number of hydrogen-bond donors (Lipinski definition) is 0. The van der Waals surface area contributed by atoms with E-state index in [0.717, 1.165) is 59.7 Å². The maximum Gasteiger partial charge on any atom is 0.170 e. The van der Waals surface area contributed by atoms with Crippen LogP contribution in [-0.2, 0) is 15.0 Å². The third-order valence-electron chi connectivity index (χ3n) is 7.64. The van der Waals surface area contributed by atoms with Crippen molar-refractivity contribution in [3.8, 4) is 16.9 Å². The predicted molar refractivity (Wildman–Crippen MR) is 112 cm³/mol. The van der Waals surface area contributed by atoms with Crippen LogP contribution < -0.4 is 4.74 Å². The van der Waals surface area contributed by atoms with Gasteiger partial charge in [0.1, 0.15) is 29.2 Å². The van der Waals surface area contributed by atoms with Crippen molar-refractivity contribution in [2.24, 2.45) is 4.99 Å². The highest BCUT2D eigenvalue weighted by atomic mass is 16.6. The summed E-state index contributed by atoms with van der Waals surface area (Å²) in [6.45, 7) is 3.28. The molecule has 3 aliphatic heterocycles. The van der Waals surface area contributed by atoms with Crippen molar-refractivity contribution in [1.82, 2.24) is 9.38 Å². The van der Waals surface area contributed by atoms with Gasteiger partial charge in [0, 0.05) is 24.4 Å². The van der Waals surface area contributed by atoms with Gasteiger partial charge in [0.05, 0.1) is 12.3 Å². The van der Waals surface area contributed by atoms with Gasteiger partial charge >= 0.3 is 0 Å². The standard InChI is InChI=1S/C24H23N3O3/c1-16-12-27-13-18(4-6-21(27)26-16)17-3-5-20-19(11-17)23(14-28-15-25-23)24(9-10-29-24)22(30-20)7-2-8-22/h3-6,11-13,15H,2,7-10,14H2,1H3. The molecule has 3 aromatic rings. The maximum absolute atomic E-state index is 6.69. The molecule has 152 valence electrons. The fourth-order valence-electron chi connectivity index (χ4n) is 5.98. The molecular formula is C24H23N3O3. The van der Waals surface area contributed by atoms with Crippen molar-refractivity contribution < 1.29 is 14.2 Å². The summed E-state index contributed by atoms with van der Waals surface area (Å²) in [6.07, 6.45) is 9.95. The molecule has 4 aliphatic rings. The van der Waals surface area contributed by atoms with E-state index in [-0.39, 0.29) is 5.60 Å². The Labute approximate surface area is 174 Å². The Bertz CT molecular complexity index is 1220. The minimum Gasteiger partial charge on any atom is -0.484 e. The van der Waals surface area contributed by atoms with Gasteiger partial charge in [-0.05, 0) is 61.6 Å². The molecule has 5 heterocycles. The molecule has 3 spiro atoms. The van der Waals surface area contributed by atoms with Crippen LogP contribution in [0.2, 0.25) is 0 Å². The number of benzene rings is 1. The van der Waals surface area contributed by atoms with Crippen molar-refractivity contribution in [3.63, 3.8) is 0 Å². The van der Waals surface area contributed by atoms with Crippen molar-refractivity contribution in [2.45, 2.75) is 49.3 Å². The van der Waals surface area contributed by atoms with Crippen molar-refractivity contribution in [2.75, 3.05) is 13.2 Å². The summed E-state index contributed by atoms with van der Waals surface area (Å²) < 4.78 is 20.9. The van der Waals surface area contributed by atoms with Gasteiger partial charge in [0.15, 0.2) is 11.9 Å². The number of pyridine rings is 1. The molecule has 0 bridgehead atoms. The Morgan fingerprint density at radius 1 is 1.03 bits per heavy atom. The molecule has 1 aliphatic carbocycles. The van der Waals surface area contributed by atoms with Gasteiger partial charge in [-0.15, -0.1) is 0 Å². The Kier molecular flexibility index (Phi) is 3.06. The van der Waals surface area contributed by atoms with Crippen LogP contribution in [-0.4, -0.2) is 40.2 Å². The first-order valence-electron chi connectivity index (χ1n) is 10.7. The molecule has 6 heteroatoms. The fraction of sp³-hybridized carbons (Fsp3) is 0.417. The number of imidazole rings is 1. The van der Waals surface area contributed by atoms with E-state index in [1.54, 1.807) is 6.40 Å². The highest BCUT2D eigenvalue weighted by Crippen LogP contribution is 2.65. The summed E-state index contributed by atoms with van der Waals surface area (Å²) in [7, 11) is 0. The highest BCUT2D eigenvalue weighted by Gasteiger charge is 2.75. The zero-order valence-corrected chi connectivity index (χ0v) is 16.9. The summed E-state index contributed by atoms with van der Waals surface area (Å²) in [5.74, 6) is 0.918. The van der Waals surface area contributed by atoms with E-state index in [2.05, 4.69) is 52.1 Å². The first kappa shape index (κ1) is 16.9. The van der Waals surface area contributed by atoms with Crippen LogP contribution in [0, 0.1) is 6.92 Å². The number of hydrogen-bond acceptors (Lipinski definition) is 5. The molecule has 0 amide bonds. The summed E-state index contributed by atoms with van der Waals surface area (Å²) in [5.41, 5.74) is 4.06. The first-order chi connectivity index (χ1) is 14.6. The molecule has 6 nitrogen and oxygen atoms in total. The molecule has 2 unspecified atom stereocenters. The highest BCUT2D eigenvalue weighted by molar-refractivity contribution is 5.69. The quantitative estimate of drug-likeness (QED) is 0.618. The zero-order valence-electron chi connectivity index (χ0n) is 16.9. The normalized spacial score (nSPS) is 30.2. The van der Waals surface area contributed by atoms with E-state index in [4.69, 9.17) is 19.2 Å². The average Bonchev–Trinajstić information content (AvgIpc) is 3.31. The number of ether oxygens (including phenoxy) is 3. The number of rotatable bonds is 1. The monoisotopic (exact) mass is 401 g/mol. The second-order valence-corrected chi connectivity index (χ2v) is 9.06. The molecule has 7 rings (SSSR count). The lowest BCUT2D eigenvalue weighted by Crippen LogP contribution is -2.78. The summed E-state index contributed by atoms with van der Waals surface area (Å²) in [5, 5.41) is 0. The summed E-state index contributed by atoms with van der Waals surface area (Å²) in [4.78, 5) is 9.48. The second kappa shape index (κ2) is 5.43. The SMILES string of the molecule is Cc1cn2cc(-c3ccc4c(c3)C3(COC=N3)C3(CCO3)C3(CCC3)O4)ccc2n1. The molecule has 30 heavy (non-hydrogen) atoms. The Morgan fingerprint density at radius 3 is 2.60 bits per heavy atom. The topological polar surface area (TPSA) is 57.4 Å². The lowest BCUT2D eigenvalue weighted by atomic mass is 9.54. The molecule has 1 aromatic carbocycles. The van der Waals surface area contributed by atoms with E-state index in [9.17, 15) is 0 Å². The third-order valence-corrected chi connectivity index (χ3v) is 7.64. The average molecular weight is 401 g/mol. The van der Waals surface area contributed by atoms with Gasteiger partial charge in [0.25, 0.3) is 0 Å². The van der Waals surface area contributed by atoms with Crippen LogP contribution in [0.25, 0.3) is 16.8 Å². The number of fused-ring (bicyclic) bond motifs is 5.